The first-order valence-electron chi connectivity index (χ1n) is 6.14. The summed E-state index contributed by atoms with van der Waals surface area (Å²) < 4.78 is 36.8. The van der Waals surface area contributed by atoms with Crippen molar-refractivity contribution in [3.8, 4) is 0 Å². The monoisotopic (exact) mass is 175 g/mol. The van der Waals surface area contributed by atoms with Crippen LogP contribution in [0, 0.1) is 0 Å². The van der Waals surface area contributed by atoms with Gasteiger partial charge in [0.1, 0.15) is 0 Å². The molecule has 0 heterocycles. The standard InChI is InChI=1S/C10H18O2/c1-4-10(3,12)7-5-6-9(2)8-11/h4,6,11-12H,1,5,7-8H2,2-3H3/b9-6+/t10-/m1/s1/i3D3,7D2. The van der Waals surface area contributed by atoms with Crippen LogP contribution in [0.5, 0.6) is 0 Å². The molecule has 12 heavy (non-hydrogen) atoms. The van der Waals surface area contributed by atoms with Gasteiger partial charge in [-0.2, -0.15) is 0 Å². The summed E-state index contributed by atoms with van der Waals surface area (Å²) in [6.45, 7) is 1.63. The number of aliphatic hydroxyl groups excluding tert-OH is 1. The highest BCUT2D eigenvalue weighted by Gasteiger charge is 2.12. The van der Waals surface area contributed by atoms with Crippen LogP contribution in [-0.4, -0.2) is 22.4 Å². The number of hydrogen-bond acceptors (Lipinski definition) is 2. The van der Waals surface area contributed by atoms with Crippen LogP contribution >= 0.6 is 0 Å². The van der Waals surface area contributed by atoms with Gasteiger partial charge in [0, 0.05) is 6.85 Å². The highest BCUT2D eigenvalue weighted by atomic mass is 16.3. The first-order chi connectivity index (χ1) is 7.52. The number of allylic oxidation sites excluding steroid dienone is 1. The summed E-state index contributed by atoms with van der Waals surface area (Å²) in [7, 11) is 0. The lowest BCUT2D eigenvalue weighted by molar-refractivity contribution is 0.103. The second-order valence-corrected chi connectivity index (χ2v) is 2.56. The average molecular weight is 175 g/mol. The smallest absolute Gasteiger partial charge is 0.0800 e. The van der Waals surface area contributed by atoms with Gasteiger partial charge < -0.3 is 10.2 Å². The minimum atomic E-state index is -2.90. The van der Waals surface area contributed by atoms with E-state index in [1.807, 2.05) is 0 Å². The summed E-state index contributed by atoms with van der Waals surface area (Å²) >= 11 is 0. The Balaban J connectivity index is 5.20. The van der Waals surface area contributed by atoms with Crippen molar-refractivity contribution in [1.82, 2.24) is 0 Å². The van der Waals surface area contributed by atoms with Crippen LogP contribution in [0.25, 0.3) is 0 Å². The van der Waals surface area contributed by atoms with E-state index in [1.54, 1.807) is 6.92 Å². The summed E-state index contributed by atoms with van der Waals surface area (Å²) in [6, 6.07) is 0. The fourth-order valence-electron chi connectivity index (χ4n) is 0.518. The highest BCUT2D eigenvalue weighted by molar-refractivity contribution is 5.00. The molecule has 1 atom stereocenters. The molecular formula is C10H18O2. The molecule has 2 nitrogen and oxygen atoms in total. The molecule has 0 saturated carbocycles. The molecule has 0 bridgehead atoms. The third-order valence-electron chi connectivity index (χ3n) is 1.37. The van der Waals surface area contributed by atoms with Gasteiger partial charge in [0.25, 0.3) is 0 Å². The lowest BCUT2D eigenvalue weighted by atomic mass is 10.00. The molecule has 0 spiro atoms. The van der Waals surface area contributed by atoms with Gasteiger partial charge in [-0.3, -0.25) is 0 Å². The molecule has 0 radical (unpaired) electrons. The van der Waals surface area contributed by atoms with E-state index in [4.69, 9.17) is 12.0 Å². The molecule has 0 aliphatic heterocycles. The van der Waals surface area contributed by atoms with Crippen molar-refractivity contribution < 1.29 is 17.1 Å². The molecule has 0 rings (SSSR count). The van der Waals surface area contributed by atoms with Crippen molar-refractivity contribution >= 4 is 0 Å². The fraction of sp³-hybridized carbons (Fsp3) is 0.600. The van der Waals surface area contributed by atoms with E-state index < -0.39 is 18.8 Å². The Hall–Kier alpha value is -0.600. The van der Waals surface area contributed by atoms with Gasteiger partial charge in [0.05, 0.1) is 12.2 Å². The van der Waals surface area contributed by atoms with E-state index in [2.05, 4.69) is 6.58 Å². The lowest BCUT2D eigenvalue weighted by Crippen LogP contribution is -2.19. The summed E-state index contributed by atoms with van der Waals surface area (Å²) in [5.74, 6) is 0. The molecular weight excluding hydrogens is 152 g/mol. The van der Waals surface area contributed by atoms with Gasteiger partial charge in [-0.15, -0.1) is 6.58 Å². The maximum absolute atomic E-state index is 9.92. The van der Waals surface area contributed by atoms with Crippen LogP contribution < -0.4 is 0 Å². The first-order valence-corrected chi connectivity index (χ1v) is 3.64. The first kappa shape index (κ1) is 5.20. The average Bonchev–Trinajstić information content (AvgIpc) is 2.22. The third-order valence-corrected chi connectivity index (χ3v) is 1.37. The second-order valence-electron chi connectivity index (χ2n) is 2.56. The van der Waals surface area contributed by atoms with Crippen molar-refractivity contribution in [3.63, 3.8) is 0 Å². The van der Waals surface area contributed by atoms with Crippen LogP contribution in [0.4, 0.5) is 0 Å². The van der Waals surface area contributed by atoms with Gasteiger partial charge >= 0.3 is 0 Å². The predicted molar refractivity (Wildman–Crippen MR) is 50.9 cm³/mol. The normalized spacial score (nSPS) is 25.6. The van der Waals surface area contributed by atoms with E-state index in [-0.39, 0.29) is 13.0 Å². The van der Waals surface area contributed by atoms with Crippen molar-refractivity contribution in [2.75, 3.05) is 6.61 Å². The number of hydrogen-bond donors (Lipinski definition) is 2. The van der Waals surface area contributed by atoms with Crippen molar-refractivity contribution in [2.24, 2.45) is 0 Å². The van der Waals surface area contributed by atoms with Gasteiger partial charge in [-0.1, -0.05) is 17.7 Å². The van der Waals surface area contributed by atoms with Crippen molar-refractivity contribution in [1.29, 1.82) is 0 Å². The summed E-state index contributed by atoms with van der Waals surface area (Å²) in [4.78, 5) is 0. The molecule has 0 aromatic rings. The predicted octanol–water partition coefficient (Wildman–Crippen LogP) is 1.64. The Morgan fingerprint density at radius 1 is 1.83 bits per heavy atom. The van der Waals surface area contributed by atoms with Crippen LogP contribution in [0.1, 0.15) is 33.4 Å². The largest absolute Gasteiger partial charge is 0.392 e. The van der Waals surface area contributed by atoms with Gasteiger partial charge in [0.15, 0.2) is 0 Å². The Morgan fingerprint density at radius 2 is 2.50 bits per heavy atom. The minimum absolute atomic E-state index is 0.240. The summed E-state index contributed by atoms with van der Waals surface area (Å²) in [5, 5.41) is 18.7. The summed E-state index contributed by atoms with van der Waals surface area (Å²) in [6.07, 6.45) is -0.640. The zero-order valence-corrected chi connectivity index (χ0v) is 7.17. The quantitative estimate of drug-likeness (QED) is 0.624. The molecule has 2 N–H and O–H groups in total. The van der Waals surface area contributed by atoms with Gasteiger partial charge in [-0.05, 0) is 26.6 Å². The molecule has 0 aliphatic rings. The van der Waals surface area contributed by atoms with Crippen LogP contribution in [-0.2, 0) is 0 Å². The van der Waals surface area contributed by atoms with E-state index in [0.717, 1.165) is 0 Å². The van der Waals surface area contributed by atoms with E-state index in [0.29, 0.717) is 11.6 Å². The Labute approximate surface area is 81.3 Å². The van der Waals surface area contributed by atoms with E-state index in [1.165, 1.54) is 6.08 Å². The Morgan fingerprint density at radius 3 is 2.92 bits per heavy atom. The topological polar surface area (TPSA) is 40.5 Å². The number of rotatable bonds is 5. The zero-order valence-electron chi connectivity index (χ0n) is 12.2. The molecule has 70 valence electrons. The van der Waals surface area contributed by atoms with Crippen molar-refractivity contribution in [3.05, 3.63) is 24.3 Å². The summed E-state index contributed by atoms with van der Waals surface area (Å²) in [5.41, 5.74) is -2.11. The lowest BCUT2D eigenvalue weighted by Gasteiger charge is -2.16. The molecule has 0 unspecified atom stereocenters. The molecule has 0 aliphatic carbocycles. The SMILES string of the molecule is [2H]C([2H])([2H])[C@@](O)(C=C)C([2H])([2H])C/C=C(\C)CO. The highest BCUT2D eigenvalue weighted by Crippen LogP contribution is 2.13. The molecule has 0 aromatic carbocycles. The van der Waals surface area contributed by atoms with Gasteiger partial charge in [-0.25, -0.2) is 0 Å². The molecule has 0 saturated heterocycles. The Bertz CT molecular complexity index is 308. The maximum Gasteiger partial charge on any atom is 0.0800 e. The third kappa shape index (κ3) is 5.10. The fourth-order valence-corrected chi connectivity index (χ4v) is 0.518. The van der Waals surface area contributed by atoms with Crippen molar-refractivity contribution in [2.45, 2.75) is 32.2 Å². The zero-order chi connectivity index (χ0) is 13.9. The second kappa shape index (κ2) is 5.12. The van der Waals surface area contributed by atoms with Crippen LogP contribution in [0.2, 0.25) is 0 Å². The molecule has 0 aromatic heterocycles. The maximum atomic E-state index is 9.92. The minimum Gasteiger partial charge on any atom is -0.392 e. The van der Waals surface area contributed by atoms with Crippen LogP contribution in [0.3, 0.4) is 0 Å². The molecule has 0 fully saturated rings. The van der Waals surface area contributed by atoms with E-state index in [9.17, 15) is 5.11 Å². The van der Waals surface area contributed by atoms with E-state index >= 15 is 0 Å². The van der Waals surface area contributed by atoms with Gasteiger partial charge in [0.2, 0.25) is 0 Å². The molecule has 2 heteroatoms. The Kier molecular flexibility index (Phi) is 2.22. The number of aliphatic hydroxyl groups is 2. The molecule has 0 amide bonds. The van der Waals surface area contributed by atoms with Crippen LogP contribution in [0.15, 0.2) is 24.3 Å².